The van der Waals surface area contributed by atoms with E-state index in [1.54, 1.807) is 0 Å². The second kappa shape index (κ2) is 7.40. The topological polar surface area (TPSA) is 44.0 Å². The van der Waals surface area contributed by atoms with E-state index in [4.69, 9.17) is 0 Å². The predicted molar refractivity (Wildman–Crippen MR) is 93.7 cm³/mol. The van der Waals surface area contributed by atoms with Gasteiger partial charge in [0.2, 0.25) is 0 Å². The molecular weight excluding hydrogens is 340 g/mol. The third-order valence-electron chi connectivity index (χ3n) is 4.10. The third kappa shape index (κ3) is 4.18. The number of aromatic amines is 1. The largest absolute Gasteiger partial charge is 0.341 e. The molecule has 2 N–H and O–H groups in total. The van der Waals surface area contributed by atoms with Gasteiger partial charge in [-0.15, -0.1) is 0 Å². The van der Waals surface area contributed by atoms with Gasteiger partial charge in [0, 0.05) is 29.2 Å². The normalized spacial score (nSPS) is 14.7. The molecule has 0 radical (unpaired) electrons. The Bertz CT molecular complexity index is 606. The van der Waals surface area contributed by atoms with Crippen molar-refractivity contribution in [2.75, 3.05) is 19.6 Å². The standard InChI is InChI=1S/C17H23BrN4/c1-2-22(15-6-7-15)9-8-19-12-17-20-11-16(21-17)13-4-3-5-14(18)10-13/h3-5,10-11,15,19H,2,6-9,12H2,1H3,(H,20,21). The fraction of sp³-hybridized carbons (Fsp3) is 0.471. The first kappa shape index (κ1) is 15.7. The molecule has 2 aromatic rings. The zero-order valence-corrected chi connectivity index (χ0v) is 14.6. The van der Waals surface area contributed by atoms with Crippen LogP contribution in [0.5, 0.6) is 0 Å². The van der Waals surface area contributed by atoms with Gasteiger partial charge in [-0.05, 0) is 31.5 Å². The maximum absolute atomic E-state index is 4.46. The Morgan fingerprint density at radius 3 is 3.00 bits per heavy atom. The second-order valence-corrected chi connectivity index (χ2v) is 6.71. The molecule has 0 amide bonds. The number of halogens is 1. The molecule has 22 heavy (non-hydrogen) atoms. The number of likely N-dealkylation sites (N-methyl/N-ethyl adjacent to an activating group) is 1. The van der Waals surface area contributed by atoms with Crippen molar-refractivity contribution in [1.29, 1.82) is 0 Å². The van der Waals surface area contributed by atoms with E-state index in [1.807, 2.05) is 18.3 Å². The maximum atomic E-state index is 4.46. The summed E-state index contributed by atoms with van der Waals surface area (Å²) < 4.78 is 1.08. The van der Waals surface area contributed by atoms with E-state index >= 15 is 0 Å². The van der Waals surface area contributed by atoms with Crippen LogP contribution >= 0.6 is 15.9 Å². The van der Waals surface area contributed by atoms with Gasteiger partial charge in [-0.3, -0.25) is 4.90 Å². The van der Waals surface area contributed by atoms with E-state index in [9.17, 15) is 0 Å². The molecule has 1 fully saturated rings. The van der Waals surface area contributed by atoms with Crippen LogP contribution in [0.15, 0.2) is 34.9 Å². The lowest BCUT2D eigenvalue weighted by Gasteiger charge is -2.19. The number of nitrogens with one attached hydrogen (secondary N) is 2. The first-order valence-electron chi connectivity index (χ1n) is 8.01. The predicted octanol–water partition coefficient (Wildman–Crippen LogP) is 3.41. The number of rotatable bonds is 8. The highest BCUT2D eigenvalue weighted by Crippen LogP contribution is 2.25. The second-order valence-electron chi connectivity index (χ2n) is 5.79. The van der Waals surface area contributed by atoms with Gasteiger partial charge in [0.1, 0.15) is 5.82 Å². The van der Waals surface area contributed by atoms with Crippen LogP contribution in [0.25, 0.3) is 11.3 Å². The molecule has 4 nitrogen and oxygen atoms in total. The quantitative estimate of drug-likeness (QED) is 0.707. The Balaban J connectivity index is 1.47. The summed E-state index contributed by atoms with van der Waals surface area (Å²) in [5.41, 5.74) is 2.21. The summed E-state index contributed by atoms with van der Waals surface area (Å²) in [7, 11) is 0. The summed E-state index contributed by atoms with van der Waals surface area (Å²) in [4.78, 5) is 10.4. The fourth-order valence-corrected chi connectivity index (χ4v) is 3.12. The highest BCUT2D eigenvalue weighted by Gasteiger charge is 2.26. The smallest absolute Gasteiger partial charge is 0.120 e. The molecule has 118 valence electrons. The molecule has 1 aliphatic rings. The number of imidazole rings is 1. The number of H-pyrrole nitrogens is 1. The van der Waals surface area contributed by atoms with Crippen molar-refractivity contribution < 1.29 is 0 Å². The lowest BCUT2D eigenvalue weighted by atomic mass is 10.2. The van der Waals surface area contributed by atoms with Crippen molar-refractivity contribution in [3.05, 3.63) is 40.8 Å². The lowest BCUT2D eigenvalue weighted by Crippen LogP contribution is -2.33. The van der Waals surface area contributed by atoms with Crippen LogP contribution in [0.4, 0.5) is 0 Å². The molecule has 3 rings (SSSR count). The van der Waals surface area contributed by atoms with E-state index in [0.29, 0.717) is 0 Å². The number of benzene rings is 1. The summed E-state index contributed by atoms with van der Waals surface area (Å²) in [6, 6.07) is 9.10. The SMILES string of the molecule is CCN(CCNCc1ncc(-c2cccc(Br)c2)[nH]1)C1CC1. The van der Waals surface area contributed by atoms with Gasteiger partial charge in [-0.25, -0.2) is 4.98 Å². The Labute approximate surface area is 140 Å². The molecule has 1 aromatic carbocycles. The lowest BCUT2D eigenvalue weighted by molar-refractivity contribution is 0.276. The van der Waals surface area contributed by atoms with Crippen molar-refractivity contribution in [3.63, 3.8) is 0 Å². The molecule has 0 unspecified atom stereocenters. The van der Waals surface area contributed by atoms with Gasteiger partial charge in [0.25, 0.3) is 0 Å². The molecule has 0 atom stereocenters. The molecule has 0 saturated heterocycles. The van der Waals surface area contributed by atoms with Crippen LogP contribution in [-0.4, -0.2) is 40.5 Å². The Morgan fingerprint density at radius 1 is 1.41 bits per heavy atom. The molecule has 1 heterocycles. The summed E-state index contributed by atoms with van der Waals surface area (Å²) in [5, 5.41) is 3.48. The van der Waals surface area contributed by atoms with Gasteiger partial charge in [0.05, 0.1) is 18.4 Å². The number of nitrogens with zero attached hydrogens (tertiary/aromatic N) is 2. The van der Waals surface area contributed by atoms with Crippen molar-refractivity contribution in [2.24, 2.45) is 0 Å². The Morgan fingerprint density at radius 2 is 2.27 bits per heavy atom. The first-order chi connectivity index (χ1) is 10.8. The molecule has 0 spiro atoms. The molecule has 5 heteroatoms. The molecule has 0 aliphatic heterocycles. The van der Waals surface area contributed by atoms with Crippen LogP contribution in [0.3, 0.4) is 0 Å². The number of aromatic nitrogens is 2. The molecule has 1 saturated carbocycles. The van der Waals surface area contributed by atoms with Gasteiger partial charge >= 0.3 is 0 Å². The van der Waals surface area contributed by atoms with Crippen molar-refractivity contribution in [3.8, 4) is 11.3 Å². The van der Waals surface area contributed by atoms with E-state index in [1.165, 1.54) is 12.8 Å². The minimum absolute atomic E-state index is 0.788. The Hall–Kier alpha value is -1.17. The molecule has 1 aromatic heterocycles. The minimum Gasteiger partial charge on any atom is -0.341 e. The monoisotopic (exact) mass is 362 g/mol. The van der Waals surface area contributed by atoms with Crippen LogP contribution in [0.2, 0.25) is 0 Å². The van der Waals surface area contributed by atoms with Crippen LogP contribution in [-0.2, 0) is 6.54 Å². The Kier molecular flexibility index (Phi) is 5.28. The van der Waals surface area contributed by atoms with Crippen LogP contribution in [0, 0.1) is 0 Å². The first-order valence-corrected chi connectivity index (χ1v) is 8.80. The molecular formula is C17H23BrN4. The molecule has 1 aliphatic carbocycles. The van der Waals surface area contributed by atoms with E-state index in [-0.39, 0.29) is 0 Å². The highest BCUT2D eigenvalue weighted by molar-refractivity contribution is 9.10. The number of hydrogen-bond acceptors (Lipinski definition) is 3. The van der Waals surface area contributed by atoms with Crippen LogP contribution < -0.4 is 5.32 Å². The van der Waals surface area contributed by atoms with E-state index < -0.39 is 0 Å². The summed E-state index contributed by atoms with van der Waals surface area (Å²) in [6.07, 6.45) is 4.66. The fourth-order valence-electron chi connectivity index (χ4n) is 2.72. The van der Waals surface area contributed by atoms with Crippen molar-refractivity contribution in [2.45, 2.75) is 32.4 Å². The van der Waals surface area contributed by atoms with Gasteiger partial charge in [0.15, 0.2) is 0 Å². The summed E-state index contributed by atoms with van der Waals surface area (Å²) in [5.74, 6) is 0.990. The van der Waals surface area contributed by atoms with E-state index in [0.717, 1.165) is 53.8 Å². The number of hydrogen-bond donors (Lipinski definition) is 2. The average molecular weight is 363 g/mol. The van der Waals surface area contributed by atoms with Crippen molar-refractivity contribution in [1.82, 2.24) is 20.2 Å². The summed E-state index contributed by atoms with van der Waals surface area (Å²) in [6.45, 7) is 6.32. The molecule has 0 bridgehead atoms. The average Bonchev–Trinajstić information content (AvgIpc) is 3.25. The van der Waals surface area contributed by atoms with Crippen molar-refractivity contribution >= 4 is 15.9 Å². The maximum Gasteiger partial charge on any atom is 0.120 e. The summed E-state index contributed by atoms with van der Waals surface area (Å²) >= 11 is 3.50. The van der Waals surface area contributed by atoms with Gasteiger partial charge in [-0.1, -0.05) is 35.0 Å². The zero-order chi connectivity index (χ0) is 15.4. The minimum atomic E-state index is 0.788. The van der Waals surface area contributed by atoms with E-state index in [2.05, 4.69) is 55.2 Å². The highest BCUT2D eigenvalue weighted by atomic mass is 79.9. The van der Waals surface area contributed by atoms with Crippen LogP contribution in [0.1, 0.15) is 25.6 Å². The third-order valence-corrected chi connectivity index (χ3v) is 4.60. The van der Waals surface area contributed by atoms with Gasteiger partial charge in [-0.2, -0.15) is 0 Å². The van der Waals surface area contributed by atoms with Gasteiger partial charge < -0.3 is 10.3 Å². The zero-order valence-electron chi connectivity index (χ0n) is 13.0.